The summed E-state index contributed by atoms with van der Waals surface area (Å²) in [6, 6.07) is 20.2. The van der Waals surface area contributed by atoms with Gasteiger partial charge < -0.3 is 10.2 Å². The zero-order valence-electron chi connectivity index (χ0n) is 13.5. The maximum absolute atomic E-state index is 12.6. The number of rotatable bonds is 5. The Labute approximate surface area is 149 Å². The van der Waals surface area contributed by atoms with Crippen LogP contribution in [0.15, 0.2) is 72.8 Å². The van der Waals surface area contributed by atoms with E-state index in [1.54, 1.807) is 12.1 Å². The molecule has 0 spiro atoms. The Kier molecular flexibility index (Phi) is 4.62. The predicted molar refractivity (Wildman–Crippen MR) is 95.7 cm³/mol. The number of carbonyl (C=O) groups excluding carboxylic acids is 1. The van der Waals surface area contributed by atoms with Crippen molar-refractivity contribution in [1.29, 1.82) is 0 Å². The Hall–Kier alpha value is -3.73. The molecule has 0 atom stereocenters. The van der Waals surface area contributed by atoms with Crippen molar-refractivity contribution >= 4 is 17.7 Å². The minimum atomic E-state index is -1.39. The molecule has 0 aromatic heterocycles. The second-order valence-corrected chi connectivity index (χ2v) is 5.64. The maximum atomic E-state index is 12.6. The van der Waals surface area contributed by atoms with Gasteiger partial charge in [0.1, 0.15) is 0 Å². The minimum absolute atomic E-state index is 0.125. The molecule has 0 aliphatic carbocycles. The summed E-state index contributed by atoms with van der Waals surface area (Å²) in [5, 5.41) is 18.2. The van der Waals surface area contributed by atoms with Gasteiger partial charge in [-0.2, -0.15) is 0 Å². The third kappa shape index (κ3) is 3.37. The molecule has 0 aliphatic heterocycles. The van der Waals surface area contributed by atoms with Crippen LogP contribution in [-0.2, 0) is 0 Å². The van der Waals surface area contributed by atoms with Crippen molar-refractivity contribution in [1.82, 2.24) is 0 Å². The molecule has 3 rings (SSSR count). The lowest BCUT2D eigenvalue weighted by Gasteiger charge is -2.07. The number of hydrogen-bond donors (Lipinski definition) is 2. The van der Waals surface area contributed by atoms with Crippen LogP contribution in [-0.4, -0.2) is 27.9 Å². The van der Waals surface area contributed by atoms with Crippen molar-refractivity contribution in [3.8, 4) is 11.1 Å². The van der Waals surface area contributed by atoms with E-state index in [1.807, 2.05) is 42.5 Å². The summed E-state index contributed by atoms with van der Waals surface area (Å²) in [6.07, 6.45) is 0. The first kappa shape index (κ1) is 17.1. The van der Waals surface area contributed by atoms with Crippen LogP contribution in [0.3, 0.4) is 0 Å². The van der Waals surface area contributed by atoms with Crippen molar-refractivity contribution in [2.24, 2.45) is 0 Å². The van der Waals surface area contributed by atoms with Crippen molar-refractivity contribution in [3.63, 3.8) is 0 Å². The van der Waals surface area contributed by atoms with Crippen molar-refractivity contribution < 1.29 is 24.6 Å². The van der Waals surface area contributed by atoms with Gasteiger partial charge in [-0.05, 0) is 23.3 Å². The van der Waals surface area contributed by atoms with E-state index < -0.39 is 17.5 Å². The van der Waals surface area contributed by atoms with E-state index in [0.717, 1.165) is 23.3 Å². The summed E-state index contributed by atoms with van der Waals surface area (Å²) in [4.78, 5) is 35.0. The van der Waals surface area contributed by atoms with Gasteiger partial charge in [-0.3, -0.25) is 4.79 Å². The molecule has 0 radical (unpaired) electrons. The summed E-state index contributed by atoms with van der Waals surface area (Å²) in [5.41, 5.74) is 1.72. The van der Waals surface area contributed by atoms with Crippen LogP contribution in [0.2, 0.25) is 0 Å². The van der Waals surface area contributed by atoms with Crippen LogP contribution in [0.25, 0.3) is 11.1 Å². The van der Waals surface area contributed by atoms with E-state index in [0.29, 0.717) is 5.56 Å². The molecule has 0 fully saturated rings. The Bertz CT molecular complexity index is 989. The average molecular weight is 346 g/mol. The fraction of sp³-hybridized carbons (Fsp3) is 0. The molecule has 0 saturated carbocycles. The predicted octanol–water partition coefficient (Wildman–Crippen LogP) is 3.98. The number of carbonyl (C=O) groups is 3. The SMILES string of the molecule is O=C(c1ccc(-c2ccccc2)cc1)c1ccc(C(=O)O)c(C(=O)O)c1. The Balaban J connectivity index is 1.93. The number of carboxylic acids is 2. The molecule has 2 N–H and O–H groups in total. The molecular weight excluding hydrogens is 332 g/mol. The second-order valence-electron chi connectivity index (χ2n) is 5.64. The number of carboxylic acid groups (broad SMARTS) is 2. The number of ketones is 1. The Morgan fingerprint density at radius 2 is 1.12 bits per heavy atom. The molecule has 3 aromatic carbocycles. The van der Waals surface area contributed by atoms with Gasteiger partial charge in [-0.1, -0.05) is 60.7 Å². The smallest absolute Gasteiger partial charge is 0.336 e. The highest BCUT2D eigenvalue weighted by Gasteiger charge is 2.19. The second kappa shape index (κ2) is 7.03. The molecule has 128 valence electrons. The van der Waals surface area contributed by atoms with Gasteiger partial charge in [-0.25, -0.2) is 9.59 Å². The van der Waals surface area contributed by atoms with Crippen LogP contribution < -0.4 is 0 Å². The lowest BCUT2D eigenvalue weighted by Crippen LogP contribution is -2.11. The van der Waals surface area contributed by atoms with E-state index >= 15 is 0 Å². The summed E-state index contributed by atoms with van der Waals surface area (Å²) in [7, 11) is 0. The number of hydrogen-bond acceptors (Lipinski definition) is 3. The summed E-state index contributed by atoms with van der Waals surface area (Å²) >= 11 is 0. The van der Waals surface area contributed by atoms with E-state index in [4.69, 9.17) is 5.11 Å². The topological polar surface area (TPSA) is 91.7 Å². The first-order valence-electron chi connectivity index (χ1n) is 7.78. The molecule has 5 nitrogen and oxygen atoms in total. The van der Waals surface area contributed by atoms with E-state index in [2.05, 4.69) is 0 Å². The third-order valence-electron chi connectivity index (χ3n) is 4.00. The molecule has 0 heterocycles. The average Bonchev–Trinajstić information content (AvgIpc) is 2.67. The van der Waals surface area contributed by atoms with Crippen LogP contribution in [0, 0.1) is 0 Å². The first-order chi connectivity index (χ1) is 12.5. The zero-order valence-corrected chi connectivity index (χ0v) is 13.5. The van der Waals surface area contributed by atoms with Crippen molar-refractivity contribution in [2.75, 3.05) is 0 Å². The molecular formula is C21H14O5. The number of benzene rings is 3. The summed E-state index contributed by atoms with van der Waals surface area (Å²) < 4.78 is 0. The van der Waals surface area contributed by atoms with Gasteiger partial charge in [0.25, 0.3) is 0 Å². The maximum Gasteiger partial charge on any atom is 0.336 e. The van der Waals surface area contributed by atoms with Crippen LogP contribution in [0.1, 0.15) is 36.6 Å². The van der Waals surface area contributed by atoms with Gasteiger partial charge in [-0.15, -0.1) is 0 Å². The normalized spacial score (nSPS) is 10.3. The molecule has 5 heteroatoms. The molecule has 0 aliphatic rings. The highest BCUT2D eigenvalue weighted by molar-refractivity contribution is 6.11. The van der Waals surface area contributed by atoms with E-state index in [1.165, 1.54) is 6.07 Å². The zero-order chi connectivity index (χ0) is 18.7. The monoisotopic (exact) mass is 346 g/mol. The molecule has 0 saturated heterocycles. The van der Waals surface area contributed by atoms with Gasteiger partial charge in [0, 0.05) is 11.1 Å². The van der Waals surface area contributed by atoms with E-state index in [-0.39, 0.29) is 16.9 Å². The summed E-state index contributed by atoms with van der Waals surface area (Å²) in [6.45, 7) is 0. The lowest BCUT2D eigenvalue weighted by molar-refractivity contribution is 0.0651. The van der Waals surface area contributed by atoms with Crippen LogP contribution in [0.5, 0.6) is 0 Å². The van der Waals surface area contributed by atoms with Crippen molar-refractivity contribution in [3.05, 3.63) is 95.1 Å². The summed E-state index contributed by atoms with van der Waals surface area (Å²) in [5.74, 6) is -3.12. The Morgan fingerprint density at radius 3 is 1.69 bits per heavy atom. The molecule has 3 aromatic rings. The third-order valence-corrected chi connectivity index (χ3v) is 4.00. The standard InChI is InChI=1S/C21H14O5/c22-19(16-10-11-17(20(23)24)18(12-16)21(25)26)15-8-6-14(7-9-15)13-4-2-1-3-5-13/h1-12H,(H,23,24)(H,25,26). The number of aromatic carboxylic acids is 2. The Morgan fingerprint density at radius 1 is 0.577 bits per heavy atom. The van der Waals surface area contributed by atoms with Gasteiger partial charge >= 0.3 is 11.9 Å². The molecule has 0 unspecified atom stereocenters. The van der Waals surface area contributed by atoms with Crippen LogP contribution >= 0.6 is 0 Å². The first-order valence-corrected chi connectivity index (χ1v) is 7.78. The molecule has 0 bridgehead atoms. The van der Waals surface area contributed by atoms with Gasteiger partial charge in [0.2, 0.25) is 0 Å². The van der Waals surface area contributed by atoms with Crippen molar-refractivity contribution in [2.45, 2.75) is 0 Å². The quantitative estimate of drug-likeness (QED) is 0.682. The molecule has 0 amide bonds. The van der Waals surface area contributed by atoms with Gasteiger partial charge in [0.05, 0.1) is 11.1 Å². The highest BCUT2D eigenvalue weighted by atomic mass is 16.4. The van der Waals surface area contributed by atoms with Crippen LogP contribution in [0.4, 0.5) is 0 Å². The lowest BCUT2D eigenvalue weighted by atomic mass is 9.96. The molecule has 26 heavy (non-hydrogen) atoms. The van der Waals surface area contributed by atoms with E-state index in [9.17, 15) is 19.5 Å². The highest BCUT2D eigenvalue weighted by Crippen LogP contribution is 2.21. The van der Waals surface area contributed by atoms with Gasteiger partial charge in [0.15, 0.2) is 5.78 Å². The minimum Gasteiger partial charge on any atom is -0.478 e. The fourth-order valence-corrected chi connectivity index (χ4v) is 2.66. The fourth-order valence-electron chi connectivity index (χ4n) is 2.66. The largest absolute Gasteiger partial charge is 0.478 e.